The second kappa shape index (κ2) is 2.99. The molecule has 0 aromatic carbocycles. The van der Waals surface area contributed by atoms with Crippen LogP contribution >= 0.6 is 0 Å². The Bertz CT molecular complexity index is 212. The quantitative estimate of drug-likeness (QED) is 0.625. The number of hydrogen-bond donors (Lipinski definition) is 1. The SMILES string of the molecule is C=CC[C@]1(C)C(=O)[C@@H](C)OC1O. The number of rotatable bonds is 2. The van der Waals surface area contributed by atoms with E-state index in [1.165, 1.54) is 0 Å². The maximum absolute atomic E-state index is 11.5. The monoisotopic (exact) mass is 170 g/mol. The summed E-state index contributed by atoms with van der Waals surface area (Å²) in [4.78, 5) is 11.5. The molecule has 0 amide bonds. The highest BCUT2D eigenvalue weighted by atomic mass is 16.6. The zero-order valence-corrected chi connectivity index (χ0v) is 7.41. The number of ether oxygens (including phenoxy) is 1. The second-order valence-corrected chi connectivity index (χ2v) is 3.41. The molecule has 0 aromatic rings. The van der Waals surface area contributed by atoms with Crippen molar-refractivity contribution in [1.82, 2.24) is 0 Å². The Morgan fingerprint density at radius 3 is 2.75 bits per heavy atom. The minimum atomic E-state index is -0.988. The highest BCUT2D eigenvalue weighted by molar-refractivity contribution is 5.90. The third-order valence-electron chi connectivity index (χ3n) is 2.38. The normalized spacial score (nSPS) is 41.8. The molecule has 3 nitrogen and oxygen atoms in total. The van der Waals surface area contributed by atoms with Crippen LogP contribution in [0.1, 0.15) is 20.3 Å². The van der Waals surface area contributed by atoms with Gasteiger partial charge in [0.2, 0.25) is 0 Å². The Morgan fingerprint density at radius 2 is 2.42 bits per heavy atom. The summed E-state index contributed by atoms with van der Waals surface area (Å²) in [5, 5.41) is 9.43. The molecule has 1 aliphatic rings. The van der Waals surface area contributed by atoms with Crippen molar-refractivity contribution in [3.8, 4) is 0 Å². The van der Waals surface area contributed by atoms with E-state index in [2.05, 4.69) is 6.58 Å². The van der Waals surface area contributed by atoms with Gasteiger partial charge in [0, 0.05) is 0 Å². The lowest BCUT2D eigenvalue weighted by molar-refractivity contribution is -0.132. The van der Waals surface area contributed by atoms with Crippen LogP contribution in [0.25, 0.3) is 0 Å². The van der Waals surface area contributed by atoms with E-state index in [-0.39, 0.29) is 5.78 Å². The summed E-state index contributed by atoms with van der Waals surface area (Å²) in [5.41, 5.74) is -0.791. The van der Waals surface area contributed by atoms with E-state index < -0.39 is 17.8 Å². The van der Waals surface area contributed by atoms with Gasteiger partial charge >= 0.3 is 0 Å². The molecule has 1 aliphatic heterocycles. The van der Waals surface area contributed by atoms with Gasteiger partial charge in [-0.25, -0.2) is 0 Å². The topological polar surface area (TPSA) is 46.5 Å². The largest absolute Gasteiger partial charge is 0.367 e. The molecule has 0 aliphatic carbocycles. The summed E-state index contributed by atoms with van der Waals surface area (Å²) >= 11 is 0. The Kier molecular flexibility index (Phi) is 2.35. The molecule has 3 atom stereocenters. The summed E-state index contributed by atoms with van der Waals surface area (Å²) < 4.78 is 5.00. The average molecular weight is 170 g/mol. The summed E-state index contributed by atoms with van der Waals surface area (Å²) in [6, 6.07) is 0. The average Bonchev–Trinajstić information content (AvgIpc) is 2.17. The van der Waals surface area contributed by atoms with E-state index in [1.54, 1.807) is 19.9 Å². The van der Waals surface area contributed by atoms with Crippen molar-refractivity contribution in [2.24, 2.45) is 5.41 Å². The van der Waals surface area contributed by atoms with Crippen LogP contribution in [0.5, 0.6) is 0 Å². The number of carbonyl (C=O) groups is 1. The van der Waals surface area contributed by atoms with Gasteiger partial charge in [-0.1, -0.05) is 6.08 Å². The van der Waals surface area contributed by atoms with Crippen molar-refractivity contribution in [1.29, 1.82) is 0 Å². The molecule has 1 rings (SSSR count). The fourth-order valence-corrected chi connectivity index (χ4v) is 1.49. The lowest BCUT2D eigenvalue weighted by Gasteiger charge is -2.22. The highest BCUT2D eigenvalue weighted by Crippen LogP contribution is 2.36. The van der Waals surface area contributed by atoms with Crippen LogP contribution in [0, 0.1) is 5.41 Å². The van der Waals surface area contributed by atoms with Crippen LogP contribution in [0.3, 0.4) is 0 Å². The smallest absolute Gasteiger partial charge is 0.172 e. The molecule has 12 heavy (non-hydrogen) atoms. The number of Topliss-reactive ketones (excluding diaryl/α,β-unsaturated/α-hetero) is 1. The van der Waals surface area contributed by atoms with Gasteiger partial charge in [-0.15, -0.1) is 6.58 Å². The van der Waals surface area contributed by atoms with Crippen molar-refractivity contribution in [3.05, 3.63) is 12.7 Å². The van der Waals surface area contributed by atoms with Crippen LogP contribution in [0.2, 0.25) is 0 Å². The Balaban J connectivity index is 2.87. The number of allylic oxidation sites excluding steroid dienone is 1. The van der Waals surface area contributed by atoms with Gasteiger partial charge in [0.15, 0.2) is 12.1 Å². The maximum atomic E-state index is 11.5. The number of hydrogen-bond acceptors (Lipinski definition) is 3. The summed E-state index contributed by atoms with van der Waals surface area (Å²) in [7, 11) is 0. The number of carbonyl (C=O) groups excluding carboxylic acids is 1. The molecule has 0 bridgehead atoms. The van der Waals surface area contributed by atoms with E-state index in [4.69, 9.17) is 4.74 Å². The molecule has 0 radical (unpaired) electrons. The van der Waals surface area contributed by atoms with Crippen molar-refractivity contribution in [2.75, 3.05) is 0 Å². The van der Waals surface area contributed by atoms with Crippen LogP contribution in [-0.2, 0) is 9.53 Å². The molecule has 1 unspecified atom stereocenters. The van der Waals surface area contributed by atoms with Crippen LogP contribution < -0.4 is 0 Å². The number of aliphatic hydroxyl groups excluding tert-OH is 1. The lowest BCUT2D eigenvalue weighted by atomic mass is 9.82. The fraction of sp³-hybridized carbons (Fsp3) is 0.667. The molecule has 3 heteroatoms. The number of ketones is 1. The first-order valence-corrected chi connectivity index (χ1v) is 4.01. The van der Waals surface area contributed by atoms with Crippen LogP contribution in [0.4, 0.5) is 0 Å². The molecule has 1 heterocycles. The minimum absolute atomic E-state index is 0.0464. The first-order valence-electron chi connectivity index (χ1n) is 4.01. The van der Waals surface area contributed by atoms with Gasteiger partial charge in [-0.3, -0.25) is 4.79 Å². The Morgan fingerprint density at radius 1 is 1.83 bits per heavy atom. The van der Waals surface area contributed by atoms with E-state index >= 15 is 0 Å². The molecule has 1 N–H and O–H groups in total. The summed E-state index contributed by atoms with van der Waals surface area (Å²) in [6.07, 6.45) is 0.600. The zero-order valence-electron chi connectivity index (χ0n) is 7.41. The summed E-state index contributed by atoms with van der Waals surface area (Å²) in [6.45, 7) is 6.90. The van der Waals surface area contributed by atoms with E-state index in [1.807, 2.05) is 0 Å². The highest BCUT2D eigenvalue weighted by Gasteiger charge is 2.49. The first-order chi connectivity index (χ1) is 5.52. The molecular formula is C9H14O3. The second-order valence-electron chi connectivity index (χ2n) is 3.41. The first kappa shape index (κ1) is 9.42. The standard InChI is InChI=1S/C9H14O3/c1-4-5-9(3)7(10)6(2)12-8(9)11/h4,6,8,11H,1,5H2,2-3H3/t6-,8?,9-/m1/s1. The minimum Gasteiger partial charge on any atom is -0.367 e. The molecule has 0 spiro atoms. The third-order valence-corrected chi connectivity index (χ3v) is 2.38. The van der Waals surface area contributed by atoms with Crippen molar-refractivity contribution in [3.63, 3.8) is 0 Å². The maximum Gasteiger partial charge on any atom is 0.172 e. The van der Waals surface area contributed by atoms with Gasteiger partial charge in [0.25, 0.3) is 0 Å². The number of aliphatic hydroxyl groups is 1. The van der Waals surface area contributed by atoms with Gasteiger partial charge < -0.3 is 9.84 Å². The van der Waals surface area contributed by atoms with E-state index in [9.17, 15) is 9.90 Å². The lowest BCUT2D eigenvalue weighted by Crippen LogP contribution is -2.33. The predicted molar refractivity (Wildman–Crippen MR) is 44.5 cm³/mol. The van der Waals surface area contributed by atoms with E-state index in [0.717, 1.165) is 0 Å². The van der Waals surface area contributed by atoms with Crippen LogP contribution in [-0.4, -0.2) is 23.3 Å². The Labute approximate surface area is 72.0 Å². The molecule has 0 saturated carbocycles. The molecular weight excluding hydrogens is 156 g/mol. The van der Waals surface area contributed by atoms with Gasteiger partial charge in [0.1, 0.15) is 6.10 Å². The van der Waals surface area contributed by atoms with Crippen molar-refractivity contribution >= 4 is 5.78 Å². The fourth-order valence-electron chi connectivity index (χ4n) is 1.49. The Hall–Kier alpha value is -0.670. The third kappa shape index (κ3) is 1.19. The summed E-state index contributed by atoms with van der Waals surface area (Å²) in [5.74, 6) is -0.0464. The zero-order chi connectivity index (χ0) is 9.35. The predicted octanol–water partition coefficient (Wildman–Crippen LogP) is 0.875. The van der Waals surface area contributed by atoms with Crippen molar-refractivity contribution < 1.29 is 14.6 Å². The van der Waals surface area contributed by atoms with Crippen molar-refractivity contribution in [2.45, 2.75) is 32.7 Å². The molecule has 1 fully saturated rings. The molecule has 0 aromatic heterocycles. The van der Waals surface area contributed by atoms with Gasteiger partial charge in [-0.05, 0) is 20.3 Å². The molecule has 1 saturated heterocycles. The molecule has 68 valence electrons. The van der Waals surface area contributed by atoms with Gasteiger partial charge in [0.05, 0.1) is 5.41 Å². The van der Waals surface area contributed by atoms with Crippen LogP contribution in [0.15, 0.2) is 12.7 Å². The van der Waals surface area contributed by atoms with E-state index in [0.29, 0.717) is 6.42 Å². The van der Waals surface area contributed by atoms with Gasteiger partial charge in [-0.2, -0.15) is 0 Å².